The summed E-state index contributed by atoms with van der Waals surface area (Å²) in [7, 11) is 0. The molecule has 0 radical (unpaired) electrons. The van der Waals surface area contributed by atoms with Crippen molar-refractivity contribution in [2.75, 3.05) is 0 Å². The van der Waals surface area contributed by atoms with E-state index in [1.165, 1.54) is 26.8 Å². The molecule has 0 unspecified atom stereocenters. The largest absolute Gasteiger partial charge is 0.149 e. The van der Waals surface area contributed by atoms with Crippen LogP contribution in [0.15, 0.2) is 53.9 Å². The molecule has 17 heavy (non-hydrogen) atoms. The summed E-state index contributed by atoms with van der Waals surface area (Å²) in [6.45, 7) is 2.16. The molecule has 0 saturated carbocycles. The molecule has 3 aromatic rings. The average molecular weight is 238 g/mol. The fourth-order valence-corrected chi connectivity index (χ4v) is 2.88. The van der Waals surface area contributed by atoms with Gasteiger partial charge in [0.15, 0.2) is 0 Å². The number of aryl methyl sites for hydroxylation is 1. The van der Waals surface area contributed by atoms with Crippen molar-refractivity contribution in [3.63, 3.8) is 0 Å². The highest BCUT2D eigenvalue weighted by atomic mass is 32.1. The van der Waals surface area contributed by atoms with Gasteiger partial charge in [-0.1, -0.05) is 42.5 Å². The highest BCUT2D eigenvalue weighted by molar-refractivity contribution is 7.10. The van der Waals surface area contributed by atoms with E-state index in [9.17, 15) is 0 Å². The SMILES string of the molecule is Cc1cc(Cc2ccc3ccccc3c2)cs1. The maximum Gasteiger partial charge on any atom is 0.00171 e. The van der Waals surface area contributed by atoms with E-state index < -0.39 is 0 Å². The summed E-state index contributed by atoms with van der Waals surface area (Å²) in [5, 5.41) is 4.90. The van der Waals surface area contributed by atoms with Crippen molar-refractivity contribution >= 4 is 22.1 Å². The highest BCUT2D eigenvalue weighted by Gasteiger charge is 2.00. The van der Waals surface area contributed by atoms with Crippen LogP contribution in [0.1, 0.15) is 16.0 Å². The van der Waals surface area contributed by atoms with E-state index in [1.54, 1.807) is 0 Å². The van der Waals surface area contributed by atoms with E-state index in [0.29, 0.717) is 0 Å². The van der Waals surface area contributed by atoms with Crippen molar-refractivity contribution in [1.29, 1.82) is 0 Å². The molecule has 0 fully saturated rings. The van der Waals surface area contributed by atoms with Gasteiger partial charge in [-0.15, -0.1) is 11.3 Å². The molecular weight excluding hydrogens is 224 g/mol. The number of thiophene rings is 1. The summed E-state index contributed by atoms with van der Waals surface area (Å²) >= 11 is 1.83. The van der Waals surface area contributed by atoms with E-state index in [-0.39, 0.29) is 0 Å². The molecule has 2 aromatic carbocycles. The van der Waals surface area contributed by atoms with Gasteiger partial charge in [-0.2, -0.15) is 0 Å². The molecule has 0 N–H and O–H groups in total. The summed E-state index contributed by atoms with van der Waals surface area (Å²) in [6, 6.07) is 17.5. The Morgan fingerprint density at radius 3 is 2.47 bits per heavy atom. The quantitative estimate of drug-likeness (QED) is 0.601. The minimum Gasteiger partial charge on any atom is -0.149 e. The molecule has 0 atom stereocenters. The molecule has 3 rings (SSSR count). The third-order valence-electron chi connectivity index (χ3n) is 3.01. The molecule has 0 aliphatic rings. The lowest BCUT2D eigenvalue weighted by Crippen LogP contribution is -1.85. The van der Waals surface area contributed by atoms with Crippen molar-refractivity contribution in [2.45, 2.75) is 13.3 Å². The Labute approximate surface area is 106 Å². The fourth-order valence-electron chi connectivity index (χ4n) is 2.17. The lowest BCUT2D eigenvalue weighted by molar-refractivity contribution is 1.21. The molecule has 1 heterocycles. The van der Waals surface area contributed by atoms with Crippen LogP contribution in [0.2, 0.25) is 0 Å². The maximum atomic E-state index is 2.29. The van der Waals surface area contributed by atoms with Crippen LogP contribution in [0.4, 0.5) is 0 Å². The van der Waals surface area contributed by atoms with Crippen molar-refractivity contribution in [2.24, 2.45) is 0 Å². The summed E-state index contributed by atoms with van der Waals surface area (Å²) in [5.74, 6) is 0. The zero-order valence-corrected chi connectivity index (χ0v) is 10.6. The number of benzene rings is 2. The Hall–Kier alpha value is -1.60. The van der Waals surface area contributed by atoms with Gasteiger partial charge in [0.05, 0.1) is 0 Å². The molecule has 84 valence electrons. The van der Waals surface area contributed by atoms with Gasteiger partial charge in [0.25, 0.3) is 0 Å². The highest BCUT2D eigenvalue weighted by Crippen LogP contribution is 2.20. The molecule has 0 aliphatic heterocycles. The first kappa shape index (κ1) is 10.5. The van der Waals surface area contributed by atoms with E-state index in [4.69, 9.17) is 0 Å². The Kier molecular flexibility index (Phi) is 2.69. The van der Waals surface area contributed by atoms with Gasteiger partial charge >= 0.3 is 0 Å². The zero-order valence-electron chi connectivity index (χ0n) is 9.81. The third-order valence-corrected chi connectivity index (χ3v) is 3.92. The molecule has 0 aliphatic carbocycles. The number of fused-ring (bicyclic) bond motifs is 1. The molecular formula is C16H14S. The third kappa shape index (κ3) is 2.25. The fraction of sp³-hybridized carbons (Fsp3) is 0.125. The maximum absolute atomic E-state index is 2.29. The second kappa shape index (κ2) is 4.34. The zero-order chi connectivity index (χ0) is 11.7. The van der Waals surface area contributed by atoms with Gasteiger partial charge in [-0.05, 0) is 46.7 Å². The molecule has 0 amide bonds. The summed E-state index contributed by atoms with van der Waals surface area (Å²) in [5.41, 5.74) is 2.81. The second-order valence-corrected chi connectivity index (χ2v) is 5.54. The predicted octanol–water partition coefficient (Wildman–Crippen LogP) is 4.80. The van der Waals surface area contributed by atoms with Crippen LogP contribution in [-0.4, -0.2) is 0 Å². The van der Waals surface area contributed by atoms with Crippen LogP contribution in [0.25, 0.3) is 10.8 Å². The Bertz CT molecular complexity index is 649. The standard InChI is InChI=1S/C16H14S/c1-12-8-14(11-17-12)9-13-6-7-15-4-2-3-5-16(15)10-13/h2-8,10-11H,9H2,1H3. The first-order valence-electron chi connectivity index (χ1n) is 5.83. The van der Waals surface area contributed by atoms with Gasteiger partial charge in [0.1, 0.15) is 0 Å². The van der Waals surface area contributed by atoms with Crippen LogP contribution in [0.5, 0.6) is 0 Å². The van der Waals surface area contributed by atoms with E-state index in [1.807, 2.05) is 11.3 Å². The molecule has 0 spiro atoms. The van der Waals surface area contributed by atoms with Crippen molar-refractivity contribution < 1.29 is 0 Å². The van der Waals surface area contributed by atoms with Crippen molar-refractivity contribution in [1.82, 2.24) is 0 Å². The second-order valence-electron chi connectivity index (χ2n) is 4.42. The van der Waals surface area contributed by atoms with Gasteiger partial charge in [0.2, 0.25) is 0 Å². The van der Waals surface area contributed by atoms with Gasteiger partial charge in [-0.3, -0.25) is 0 Å². The van der Waals surface area contributed by atoms with Crippen LogP contribution in [0.3, 0.4) is 0 Å². The Morgan fingerprint density at radius 1 is 0.882 bits per heavy atom. The van der Waals surface area contributed by atoms with E-state index in [0.717, 1.165) is 6.42 Å². The number of hydrogen-bond donors (Lipinski definition) is 0. The summed E-state index contributed by atoms with van der Waals surface area (Å²) in [4.78, 5) is 1.39. The van der Waals surface area contributed by atoms with Crippen LogP contribution >= 0.6 is 11.3 Å². The Balaban J connectivity index is 1.95. The Morgan fingerprint density at radius 2 is 1.71 bits per heavy atom. The van der Waals surface area contributed by atoms with Gasteiger partial charge in [-0.25, -0.2) is 0 Å². The average Bonchev–Trinajstić information content (AvgIpc) is 2.75. The lowest BCUT2D eigenvalue weighted by Gasteiger charge is -2.02. The molecule has 0 nitrogen and oxygen atoms in total. The molecule has 0 saturated heterocycles. The van der Waals surface area contributed by atoms with Gasteiger partial charge < -0.3 is 0 Å². The minimum absolute atomic E-state index is 1.04. The summed E-state index contributed by atoms with van der Waals surface area (Å²) in [6.07, 6.45) is 1.04. The molecule has 0 bridgehead atoms. The number of rotatable bonds is 2. The molecule has 1 heteroatoms. The first-order chi connectivity index (χ1) is 8.31. The normalized spacial score (nSPS) is 10.9. The lowest BCUT2D eigenvalue weighted by atomic mass is 10.0. The van der Waals surface area contributed by atoms with Crippen molar-refractivity contribution in [3.05, 3.63) is 69.9 Å². The van der Waals surface area contributed by atoms with Crippen LogP contribution < -0.4 is 0 Å². The van der Waals surface area contributed by atoms with E-state index in [2.05, 4.69) is 60.8 Å². The summed E-state index contributed by atoms with van der Waals surface area (Å²) < 4.78 is 0. The van der Waals surface area contributed by atoms with Crippen molar-refractivity contribution in [3.8, 4) is 0 Å². The minimum atomic E-state index is 1.04. The molecule has 1 aromatic heterocycles. The first-order valence-corrected chi connectivity index (χ1v) is 6.71. The van der Waals surface area contributed by atoms with Crippen LogP contribution in [0, 0.1) is 6.92 Å². The van der Waals surface area contributed by atoms with E-state index >= 15 is 0 Å². The topological polar surface area (TPSA) is 0 Å². The monoisotopic (exact) mass is 238 g/mol. The van der Waals surface area contributed by atoms with Crippen LogP contribution in [-0.2, 0) is 6.42 Å². The number of hydrogen-bond acceptors (Lipinski definition) is 1. The van der Waals surface area contributed by atoms with Gasteiger partial charge in [0, 0.05) is 4.88 Å². The predicted molar refractivity (Wildman–Crippen MR) is 75.8 cm³/mol. The smallest absolute Gasteiger partial charge is 0.00171 e.